The Balaban J connectivity index is 1.59. The lowest BCUT2D eigenvalue weighted by molar-refractivity contribution is -0.269. The van der Waals surface area contributed by atoms with Crippen LogP contribution in [-0.2, 0) is 20.9 Å². The zero-order valence-corrected chi connectivity index (χ0v) is 18.8. The van der Waals surface area contributed by atoms with Gasteiger partial charge in [0.05, 0.1) is 18.8 Å². The highest BCUT2D eigenvalue weighted by Crippen LogP contribution is 2.48. The number of rotatable bonds is 4. The summed E-state index contributed by atoms with van der Waals surface area (Å²) in [5.41, 5.74) is -4.32. The van der Waals surface area contributed by atoms with Gasteiger partial charge in [-0.05, 0) is 49.2 Å². The smallest absolute Gasteiger partial charge is 0.381 e. The molecule has 0 spiro atoms. The van der Waals surface area contributed by atoms with E-state index in [2.05, 4.69) is 5.48 Å². The summed E-state index contributed by atoms with van der Waals surface area (Å²) in [6, 6.07) is 8.14. The third-order valence-electron chi connectivity index (χ3n) is 5.79. The van der Waals surface area contributed by atoms with Crippen molar-refractivity contribution in [3.8, 4) is 0 Å². The van der Waals surface area contributed by atoms with Crippen LogP contribution in [0, 0.1) is 5.82 Å². The number of nitrogens with zero attached hydrogens (tertiary/aromatic N) is 1. The summed E-state index contributed by atoms with van der Waals surface area (Å²) < 4.78 is 71.1. The Hall–Kier alpha value is -2.69. The van der Waals surface area contributed by atoms with Crippen LogP contribution >= 0.6 is 11.6 Å². The molecule has 2 aliphatic rings. The van der Waals surface area contributed by atoms with Gasteiger partial charge >= 0.3 is 6.18 Å². The Morgan fingerprint density at radius 1 is 1.12 bits per heavy atom. The van der Waals surface area contributed by atoms with Crippen LogP contribution < -0.4 is 5.48 Å². The average Bonchev–Trinajstić information content (AvgIpc) is 3.16. The zero-order valence-electron chi connectivity index (χ0n) is 18.0. The highest BCUT2D eigenvalue weighted by Gasteiger charge is 2.60. The predicted molar refractivity (Wildman–Crippen MR) is 113 cm³/mol. The number of carbonyl (C=O) groups is 1. The van der Waals surface area contributed by atoms with E-state index < -0.39 is 40.3 Å². The minimum atomic E-state index is -4.95. The summed E-state index contributed by atoms with van der Waals surface area (Å²) in [6.45, 7) is 2.12. The van der Waals surface area contributed by atoms with Gasteiger partial charge in [0.15, 0.2) is 5.67 Å². The molecule has 4 rings (SSSR count). The van der Waals surface area contributed by atoms with Crippen LogP contribution in [0.4, 0.5) is 22.0 Å². The van der Waals surface area contributed by atoms with E-state index in [0.29, 0.717) is 6.07 Å². The van der Waals surface area contributed by atoms with Gasteiger partial charge in [0.1, 0.15) is 11.4 Å². The summed E-state index contributed by atoms with van der Waals surface area (Å²) >= 11 is 5.75. The molecule has 1 fully saturated rings. The number of hydrogen-bond donors (Lipinski definition) is 2. The van der Waals surface area contributed by atoms with Gasteiger partial charge in [0.2, 0.25) is 5.60 Å². The second kappa shape index (κ2) is 7.93. The minimum absolute atomic E-state index is 0.0513. The number of amides is 1. The van der Waals surface area contributed by atoms with E-state index in [-0.39, 0.29) is 34.9 Å². The molecule has 5 nitrogen and oxygen atoms in total. The lowest BCUT2D eigenvalue weighted by atomic mass is 9.86. The van der Waals surface area contributed by atoms with Crippen molar-refractivity contribution in [2.75, 3.05) is 13.1 Å². The molecular formula is C23H20ClF5N2O3. The summed E-state index contributed by atoms with van der Waals surface area (Å²) in [4.78, 5) is 18.2. The van der Waals surface area contributed by atoms with Crippen molar-refractivity contribution >= 4 is 23.2 Å². The molecule has 1 unspecified atom stereocenters. The van der Waals surface area contributed by atoms with E-state index in [0.717, 1.165) is 18.2 Å². The van der Waals surface area contributed by atoms with Crippen molar-refractivity contribution in [1.82, 2.24) is 10.4 Å². The molecule has 2 aromatic rings. The molecule has 0 saturated carbocycles. The van der Waals surface area contributed by atoms with Gasteiger partial charge in [-0.2, -0.15) is 13.2 Å². The van der Waals surface area contributed by atoms with Gasteiger partial charge in [-0.3, -0.25) is 15.1 Å². The molecule has 2 aliphatic heterocycles. The summed E-state index contributed by atoms with van der Waals surface area (Å²) in [5, 5.41) is 9.56. The molecule has 1 amide bonds. The topological polar surface area (TPSA) is 61.8 Å². The summed E-state index contributed by atoms with van der Waals surface area (Å²) in [5.74, 6) is -1.55. The second-order valence-corrected chi connectivity index (χ2v) is 9.35. The molecule has 0 bridgehead atoms. The van der Waals surface area contributed by atoms with E-state index in [9.17, 15) is 27.5 Å². The summed E-state index contributed by atoms with van der Waals surface area (Å²) in [7, 11) is 0. The maximum absolute atomic E-state index is 15.2. The highest BCUT2D eigenvalue weighted by atomic mass is 35.5. The molecule has 1 atom stereocenters. The Morgan fingerprint density at radius 2 is 1.74 bits per heavy atom. The third-order valence-corrected chi connectivity index (χ3v) is 6.01. The van der Waals surface area contributed by atoms with E-state index >= 15 is 4.39 Å². The lowest BCUT2D eigenvalue weighted by Crippen LogP contribution is -2.62. The first-order chi connectivity index (χ1) is 15.6. The number of benzene rings is 2. The van der Waals surface area contributed by atoms with Gasteiger partial charge in [-0.1, -0.05) is 35.9 Å². The molecule has 0 aromatic heterocycles. The van der Waals surface area contributed by atoms with Crippen molar-refractivity contribution < 1.29 is 36.7 Å². The zero-order chi connectivity index (χ0) is 25.1. The number of halogens is 6. The fraction of sp³-hybridized carbons (Fsp3) is 0.348. The van der Waals surface area contributed by atoms with Crippen LogP contribution in [0.5, 0.6) is 0 Å². The van der Waals surface area contributed by atoms with Gasteiger partial charge in [-0.15, -0.1) is 0 Å². The minimum Gasteiger partial charge on any atom is -0.381 e. The van der Waals surface area contributed by atoms with Gasteiger partial charge < -0.3 is 10.0 Å². The summed E-state index contributed by atoms with van der Waals surface area (Å²) in [6.07, 6.45) is -4.18. The molecule has 2 N–H and O–H groups in total. The Kier molecular flexibility index (Phi) is 5.70. The first kappa shape index (κ1) is 24.4. The molecule has 2 heterocycles. The fourth-order valence-corrected chi connectivity index (χ4v) is 4.20. The maximum Gasteiger partial charge on any atom is 0.428 e. The monoisotopic (exact) mass is 502 g/mol. The average molecular weight is 503 g/mol. The number of carbonyl (C=O) groups excluding carboxylic acids is 1. The molecular weight excluding hydrogens is 483 g/mol. The normalized spacial score (nSPS) is 22.1. The standard InChI is InChI=1S/C23H20ClF5N2O3/c1-20(2,33)19(32)31-11-21(26,12-31)14-5-3-13(4-6-14)18-10-22(34-30-18,23(27,28)29)15-7-16(24)9-17(25)8-15/h3-10,30,33H,11-12H2,1-2H3. The predicted octanol–water partition coefficient (Wildman–Crippen LogP) is 4.59. The van der Waals surface area contributed by atoms with Gasteiger partial charge in [0.25, 0.3) is 5.91 Å². The Bertz CT molecular complexity index is 1130. The van der Waals surface area contributed by atoms with Gasteiger partial charge in [0, 0.05) is 10.6 Å². The van der Waals surface area contributed by atoms with Crippen molar-refractivity contribution in [1.29, 1.82) is 0 Å². The van der Waals surface area contributed by atoms with E-state index in [1.165, 1.54) is 43.0 Å². The lowest BCUT2D eigenvalue weighted by Gasteiger charge is -2.46. The first-order valence-corrected chi connectivity index (χ1v) is 10.5. The molecule has 2 aromatic carbocycles. The molecule has 182 valence electrons. The van der Waals surface area contributed by atoms with Crippen LogP contribution in [0.25, 0.3) is 5.70 Å². The van der Waals surface area contributed by atoms with Crippen LogP contribution in [-0.4, -0.2) is 40.8 Å². The van der Waals surface area contributed by atoms with Crippen molar-refractivity contribution in [2.24, 2.45) is 0 Å². The van der Waals surface area contributed by atoms with Crippen molar-refractivity contribution in [2.45, 2.75) is 36.9 Å². The molecule has 0 aliphatic carbocycles. The van der Waals surface area contributed by atoms with Crippen molar-refractivity contribution in [3.63, 3.8) is 0 Å². The maximum atomic E-state index is 15.2. The largest absolute Gasteiger partial charge is 0.428 e. The molecule has 34 heavy (non-hydrogen) atoms. The fourth-order valence-electron chi connectivity index (χ4n) is 3.97. The SMILES string of the molecule is CC(C)(O)C(=O)N1CC(F)(c2ccc(C3=CC(c4cc(F)cc(Cl)c4)(C(F)(F)F)ON3)cc2)C1. The number of hydrogen-bond acceptors (Lipinski definition) is 4. The number of aliphatic hydroxyl groups is 1. The van der Waals surface area contributed by atoms with Crippen molar-refractivity contribution in [3.05, 3.63) is 76.1 Å². The van der Waals surface area contributed by atoms with E-state index in [1.807, 2.05) is 0 Å². The number of alkyl halides is 4. The molecule has 11 heteroatoms. The second-order valence-electron chi connectivity index (χ2n) is 8.92. The van der Waals surface area contributed by atoms with E-state index in [4.69, 9.17) is 16.4 Å². The third kappa shape index (κ3) is 4.14. The van der Waals surface area contributed by atoms with Gasteiger partial charge in [-0.25, -0.2) is 8.78 Å². The molecule has 0 radical (unpaired) electrons. The van der Waals surface area contributed by atoms with Crippen LogP contribution in [0.3, 0.4) is 0 Å². The Labute approximate surface area is 196 Å². The number of hydroxylamine groups is 1. The number of nitrogens with one attached hydrogen (secondary N) is 1. The first-order valence-electron chi connectivity index (χ1n) is 10.2. The quantitative estimate of drug-likeness (QED) is 0.600. The highest BCUT2D eigenvalue weighted by molar-refractivity contribution is 6.30. The van der Waals surface area contributed by atoms with Crippen LogP contribution in [0.15, 0.2) is 48.5 Å². The van der Waals surface area contributed by atoms with Crippen LogP contribution in [0.2, 0.25) is 5.02 Å². The van der Waals surface area contributed by atoms with Crippen LogP contribution in [0.1, 0.15) is 30.5 Å². The van der Waals surface area contributed by atoms with E-state index in [1.54, 1.807) is 0 Å². The molecule has 1 saturated heterocycles. The Morgan fingerprint density at radius 3 is 2.26 bits per heavy atom. The number of likely N-dealkylation sites (tertiary alicyclic amines) is 1.